The zero-order valence-electron chi connectivity index (χ0n) is 10.9. The number of rotatable bonds is 2. The lowest BCUT2D eigenvalue weighted by molar-refractivity contribution is -0.136. The highest BCUT2D eigenvalue weighted by atomic mass is 35.5. The van der Waals surface area contributed by atoms with E-state index in [1.54, 1.807) is 13.0 Å². The predicted molar refractivity (Wildman–Crippen MR) is 80.3 cm³/mol. The average molecular weight is 335 g/mol. The fraction of sp³-hybridized carbons (Fsp3) is 0.143. The van der Waals surface area contributed by atoms with Gasteiger partial charge >= 0.3 is 6.18 Å². The van der Waals surface area contributed by atoms with Crippen LogP contribution in [0.5, 0.6) is 0 Å². The van der Waals surface area contributed by atoms with Crippen molar-refractivity contribution in [1.82, 2.24) is 0 Å². The van der Waals surface area contributed by atoms with E-state index >= 15 is 0 Å². The van der Waals surface area contributed by atoms with Gasteiger partial charge in [-0.3, -0.25) is 0 Å². The van der Waals surface area contributed by atoms with Crippen molar-refractivity contribution in [2.24, 2.45) is 0 Å². The van der Waals surface area contributed by atoms with Crippen LogP contribution in [-0.2, 0) is 6.18 Å². The molecule has 2 aromatic rings. The van der Waals surface area contributed by atoms with E-state index in [0.29, 0.717) is 16.9 Å². The van der Waals surface area contributed by atoms with Crippen molar-refractivity contribution in [3.63, 3.8) is 0 Å². The van der Waals surface area contributed by atoms with Gasteiger partial charge in [0.15, 0.2) is 0 Å². The summed E-state index contributed by atoms with van der Waals surface area (Å²) in [5.41, 5.74) is 6.19. The molecule has 0 saturated carbocycles. The maximum Gasteiger partial charge on any atom is 0.418 e. The first-order valence-electron chi connectivity index (χ1n) is 5.88. The second kappa shape index (κ2) is 5.66. The van der Waals surface area contributed by atoms with Gasteiger partial charge in [0, 0.05) is 10.7 Å². The third-order valence-corrected chi connectivity index (χ3v) is 3.46. The number of halogens is 5. The Morgan fingerprint density at radius 3 is 2.33 bits per heavy atom. The van der Waals surface area contributed by atoms with Gasteiger partial charge in [-0.1, -0.05) is 23.2 Å². The Bertz CT molecular complexity index is 685. The van der Waals surface area contributed by atoms with Gasteiger partial charge in [0.25, 0.3) is 0 Å². The predicted octanol–water partition coefficient (Wildman–Crippen LogP) is 5.65. The molecule has 2 aromatic carbocycles. The molecule has 0 fully saturated rings. The number of nitrogen functional groups attached to an aromatic ring is 1. The molecule has 2 rings (SSSR count). The van der Waals surface area contributed by atoms with Crippen molar-refractivity contribution in [3.05, 3.63) is 51.5 Å². The fourth-order valence-corrected chi connectivity index (χ4v) is 2.18. The first-order valence-corrected chi connectivity index (χ1v) is 6.63. The van der Waals surface area contributed by atoms with Crippen LogP contribution in [0.25, 0.3) is 0 Å². The number of nitrogens with one attached hydrogen (secondary N) is 1. The lowest BCUT2D eigenvalue weighted by Gasteiger charge is -2.17. The Morgan fingerprint density at radius 2 is 1.71 bits per heavy atom. The van der Waals surface area contributed by atoms with E-state index in [4.69, 9.17) is 28.9 Å². The third-order valence-electron chi connectivity index (χ3n) is 2.90. The normalized spacial score (nSPS) is 11.5. The maximum absolute atomic E-state index is 13.0. The van der Waals surface area contributed by atoms with Gasteiger partial charge in [-0.2, -0.15) is 13.2 Å². The summed E-state index contributed by atoms with van der Waals surface area (Å²) in [4.78, 5) is 0. The largest absolute Gasteiger partial charge is 0.418 e. The monoisotopic (exact) mass is 334 g/mol. The van der Waals surface area contributed by atoms with Crippen molar-refractivity contribution in [1.29, 1.82) is 0 Å². The molecule has 2 nitrogen and oxygen atoms in total. The van der Waals surface area contributed by atoms with Crippen LogP contribution in [-0.4, -0.2) is 0 Å². The first kappa shape index (κ1) is 15.8. The summed E-state index contributed by atoms with van der Waals surface area (Å²) in [5.74, 6) is 0. The molecular weight excluding hydrogens is 324 g/mol. The zero-order valence-corrected chi connectivity index (χ0v) is 12.4. The minimum absolute atomic E-state index is 0.0138. The second-order valence-electron chi connectivity index (χ2n) is 4.50. The molecule has 0 aromatic heterocycles. The maximum atomic E-state index is 13.0. The molecule has 0 aliphatic rings. The Balaban J connectivity index is 2.47. The van der Waals surface area contributed by atoms with E-state index in [0.717, 1.165) is 6.07 Å². The highest BCUT2D eigenvalue weighted by Crippen LogP contribution is 2.38. The van der Waals surface area contributed by atoms with Gasteiger partial charge < -0.3 is 11.1 Å². The molecule has 0 saturated heterocycles. The first-order chi connectivity index (χ1) is 9.68. The molecule has 0 bridgehead atoms. The van der Waals surface area contributed by atoms with Crippen LogP contribution >= 0.6 is 23.2 Å². The van der Waals surface area contributed by atoms with E-state index < -0.39 is 11.7 Å². The molecule has 0 heterocycles. The summed E-state index contributed by atoms with van der Waals surface area (Å²) in [6.07, 6.45) is -4.52. The summed E-state index contributed by atoms with van der Waals surface area (Å²) < 4.78 is 39.1. The molecule has 0 amide bonds. The van der Waals surface area contributed by atoms with Crippen LogP contribution in [0.4, 0.5) is 30.2 Å². The van der Waals surface area contributed by atoms with Gasteiger partial charge in [0.1, 0.15) is 0 Å². The second-order valence-corrected chi connectivity index (χ2v) is 5.34. The number of nitrogens with two attached hydrogens (primary N) is 1. The Kier molecular flexibility index (Phi) is 4.25. The van der Waals surface area contributed by atoms with E-state index in [2.05, 4.69) is 5.32 Å². The molecule has 3 N–H and O–H groups in total. The number of anilines is 3. The summed E-state index contributed by atoms with van der Waals surface area (Å²) in [7, 11) is 0. The van der Waals surface area contributed by atoms with E-state index in [9.17, 15) is 13.2 Å². The van der Waals surface area contributed by atoms with Crippen LogP contribution in [0.2, 0.25) is 10.0 Å². The van der Waals surface area contributed by atoms with Gasteiger partial charge in [-0.15, -0.1) is 0 Å². The molecule has 7 heteroatoms. The summed E-state index contributed by atoms with van der Waals surface area (Å²) in [6.45, 7) is 1.72. The molecule has 0 radical (unpaired) electrons. The van der Waals surface area contributed by atoms with Gasteiger partial charge in [-0.25, -0.2) is 0 Å². The van der Waals surface area contributed by atoms with Crippen LogP contribution in [0.3, 0.4) is 0 Å². The van der Waals surface area contributed by atoms with Crippen LogP contribution in [0.1, 0.15) is 11.1 Å². The quantitative estimate of drug-likeness (QED) is 0.696. The number of hydrogen-bond donors (Lipinski definition) is 2. The standard InChI is InChI=1S/C14H11Cl2F3N2/c1-7-4-11(20)10(16)6-13(7)21-12-3-2-8(15)5-9(12)14(17,18)19/h2-6,21H,20H2,1H3. The van der Waals surface area contributed by atoms with Gasteiger partial charge in [0.2, 0.25) is 0 Å². The average Bonchev–Trinajstić information content (AvgIpc) is 2.36. The number of aryl methyl sites for hydroxylation is 1. The zero-order chi connectivity index (χ0) is 15.8. The number of benzene rings is 2. The smallest absolute Gasteiger partial charge is 0.398 e. The molecule has 21 heavy (non-hydrogen) atoms. The fourth-order valence-electron chi connectivity index (χ4n) is 1.84. The van der Waals surface area contributed by atoms with E-state index in [-0.39, 0.29) is 15.7 Å². The SMILES string of the molecule is Cc1cc(N)c(Cl)cc1Nc1ccc(Cl)cc1C(F)(F)F. The Labute approximate surface area is 129 Å². The lowest BCUT2D eigenvalue weighted by Crippen LogP contribution is -2.09. The van der Waals surface area contributed by atoms with Crippen molar-refractivity contribution in [2.45, 2.75) is 13.1 Å². The Morgan fingerprint density at radius 1 is 1.05 bits per heavy atom. The summed E-state index contributed by atoms with van der Waals surface area (Å²) in [5, 5.41) is 3.01. The minimum Gasteiger partial charge on any atom is -0.398 e. The molecule has 0 atom stereocenters. The minimum atomic E-state index is -4.52. The van der Waals surface area contributed by atoms with Gasteiger partial charge in [-0.05, 0) is 42.8 Å². The van der Waals surface area contributed by atoms with Crippen LogP contribution < -0.4 is 11.1 Å². The molecule has 0 aliphatic heterocycles. The molecule has 112 valence electrons. The van der Waals surface area contributed by atoms with Crippen LogP contribution in [0, 0.1) is 6.92 Å². The van der Waals surface area contributed by atoms with Crippen molar-refractivity contribution >= 4 is 40.3 Å². The highest BCUT2D eigenvalue weighted by molar-refractivity contribution is 6.33. The van der Waals surface area contributed by atoms with Crippen molar-refractivity contribution < 1.29 is 13.2 Å². The summed E-state index contributed by atoms with van der Waals surface area (Å²) >= 11 is 11.5. The third kappa shape index (κ3) is 3.54. The van der Waals surface area contributed by atoms with E-state index in [1.165, 1.54) is 18.2 Å². The topological polar surface area (TPSA) is 38.0 Å². The van der Waals surface area contributed by atoms with Crippen molar-refractivity contribution in [3.8, 4) is 0 Å². The van der Waals surface area contributed by atoms with Crippen molar-refractivity contribution in [2.75, 3.05) is 11.1 Å². The Hall–Kier alpha value is -1.59. The molecule has 0 aliphatic carbocycles. The highest BCUT2D eigenvalue weighted by Gasteiger charge is 2.33. The molecule has 0 unspecified atom stereocenters. The molecule has 0 spiro atoms. The van der Waals surface area contributed by atoms with Crippen LogP contribution in [0.15, 0.2) is 30.3 Å². The number of alkyl halides is 3. The van der Waals surface area contributed by atoms with Gasteiger partial charge in [0.05, 0.1) is 22.0 Å². The summed E-state index contributed by atoms with van der Waals surface area (Å²) in [6, 6.07) is 6.61. The number of hydrogen-bond acceptors (Lipinski definition) is 2. The van der Waals surface area contributed by atoms with E-state index in [1.807, 2.05) is 0 Å². The molecular formula is C14H11Cl2F3N2. The lowest BCUT2D eigenvalue weighted by atomic mass is 10.1.